The lowest BCUT2D eigenvalue weighted by molar-refractivity contribution is -0.265. The van der Waals surface area contributed by atoms with Gasteiger partial charge in [-0.25, -0.2) is 4.79 Å². The molecule has 0 aromatic heterocycles. The highest BCUT2D eigenvalue weighted by atomic mass is 16.7. The minimum Gasteiger partial charge on any atom is -0.446 e. The molecule has 13 heteroatoms. The molecular formula is C45H79N3O10. The summed E-state index contributed by atoms with van der Waals surface area (Å²) in [6.45, 7) is 14.7. The Balaban J connectivity index is 0.874. The van der Waals surface area contributed by atoms with E-state index in [4.69, 9.17) is 29.4 Å². The van der Waals surface area contributed by atoms with Crippen LogP contribution in [0.4, 0.5) is 4.79 Å². The van der Waals surface area contributed by atoms with Crippen LogP contribution in [0.2, 0.25) is 0 Å². The maximum atomic E-state index is 12.7. The van der Waals surface area contributed by atoms with Crippen molar-refractivity contribution in [3.63, 3.8) is 0 Å². The zero-order valence-electron chi connectivity index (χ0n) is 36.3. The van der Waals surface area contributed by atoms with Gasteiger partial charge in [-0.2, -0.15) is 0 Å². The Morgan fingerprint density at radius 3 is 2.43 bits per heavy atom. The lowest BCUT2D eigenvalue weighted by atomic mass is 9.47. The Bertz CT molecular complexity index is 1320. The first-order valence-electron chi connectivity index (χ1n) is 22.8. The van der Waals surface area contributed by atoms with Gasteiger partial charge in [0.1, 0.15) is 24.4 Å². The maximum Gasteiger partial charge on any atom is 0.407 e. The van der Waals surface area contributed by atoms with E-state index in [0.29, 0.717) is 57.8 Å². The Hall–Kier alpha value is -1.84. The molecule has 0 aromatic carbocycles. The smallest absolute Gasteiger partial charge is 0.407 e. The summed E-state index contributed by atoms with van der Waals surface area (Å²) < 4.78 is 28.1. The molecule has 0 bridgehead atoms. The molecule has 58 heavy (non-hydrogen) atoms. The first-order chi connectivity index (χ1) is 27.8. The Morgan fingerprint density at radius 1 is 0.897 bits per heavy atom. The van der Waals surface area contributed by atoms with Crippen LogP contribution in [0.15, 0.2) is 11.6 Å². The summed E-state index contributed by atoms with van der Waals surface area (Å²) in [5.41, 5.74) is 8.11. The molecule has 8 unspecified atom stereocenters. The molecular weight excluding hydrogens is 743 g/mol. The van der Waals surface area contributed by atoms with Crippen LogP contribution in [-0.4, -0.2) is 117 Å². The summed E-state index contributed by atoms with van der Waals surface area (Å²) in [4.78, 5) is 24.8. The van der Waals surface area contributed by atoms with Crippen molar-refractivity contribution in [1.82, 2.24) is 10.6 Å². The molecule has 1 saturated heterocycles. The molecule has 5 aliphatic rings. The van der Waals surface area contributed by atoms with Crippen molar-refractivity contribution in [3.8, 4) is 0 Å². The third-order valence-corrected chi connectivity index (χ3v) is 15.0. The first kappa shape index (κ1) is 47.2. The number of carbonyl (C=O) groups excluding carboxylic acids is 2. The zero-order chi connectivity index (χ0) is 41.9. The normalized spacial score (nSPS) is 36.3. The summed E-state index contributed by atoms with van der Waals surface area (Å²) in [6.07, 6.45) is 12.6. The number of hydrogen-bond donors (Lipinski definition) is 6. The van der Waals surface area contributed by atoms with Crippen LogP contribution in [0.5, 0.6) is 0 Å². The van der Waals surface area contributed by atoms with E-state index in [2.05, 4.69) is 51.3 Å². The Morgan fingerprint density at radius 2 is 1.67 bits per heavy atom. The number of rotatable bonds is 22. The number of amides is 2. The number of aliphatic hydroxyl groups excluding tert-OH is 3. The molecule has 0 spiro atoms. The minimum atomic E-state index is -1.29. The highest BCUT2D eigenvalue weighted by Crippen LogP contribution is 2.67. The fourth-order valence-corrected chi connectivity index (χ4v) is 11.7. The summed E-state index contributed by atoms with van der Waals surface area (Å²) in [7, 11) is 0. The summed E-state index contributed by atoms with van der Waals surface area (Å²) >= 11 is 0. The number of aliphatic hydroxyl groups is 3. The quantitative estimate of drug-likeness (QED) is 0.0620. The van der Waals surface area contributed by atoms with Gasteiger partial charge in [-0.05, 0) is 104 Å². The second-order valence-electron chi connectivity index (χ2n) is 19.2. The summed E-state index contributed by atoms with van der Waals surface area (Å²) in [5, 5.41) is 34.9. The van der Waals surface area contributed by atoms with Crippen LogP contribution >= 0.6 is 0 Å². The maximum absolute atomic E-state index is 12.7. The predicted molar refractivity (Wildman–Crippen MR) is 222 cm³/mol. The van der Waals surface area contributed by atoms with E-state index < -0.39 is 37.3 Å². The van der Waals surface area contributed by atoms with Crippen molar-refractivity contribution >= 4 is 12.0 Å². The van der Waals surface area contributed by atoms with E-state index >= 15 is 0 Å². The number of hydrogen-bond acceptors (Lipinski definition) is 11. The second kappa shape index (κ2) is 22.3. The number of nitrogens with two attached hydrogens (primary N) is 1. The van der Waals surface area contributed by atoms with Gasteiger partial charge in [-0.3, -0.25) is 4.79 Å². The number of allylic oxidation sites excluding steroid dienone is 1. The van der Waals surface area contributed by atoms with Gasteiger partial charge in [0.05, 0.1) is 39.1 Å². The van der Waals surface area contributed by atoms with Crippen molar-refractivity contribution in [2.45, 2.75) is 161 Å². The highest BCUT2D eigenvalue weighted by Gasteiger charge is 2.59. The second-order valence-corrected chi connectivity index (χ2v) is 19.2. The molecule has 13 nitrogen and oxygen atoms in total. The molecule has 1 aliphatic heterocycles. The van der Waals surface area contributed by atoms with Crippen LogP contribution in [0.25, 0.3) is 0 Å². The Labute approximate surface area is 348 Å². The van der Waals surface area contributed by atoms with Gasteiger partial charge < -0.3 is 55.4 Å². The van der Waals surface area contributed by atoms with E-state index in [9.17, 15) is 24.9 Å². The SMILES string of the molecule is CC(C)CCC[C@H](C)[C@@H]1CCC2C3CC=C4CC(OC(=O)NCCOCCOCCCNC(=O)CCCOC5OC(CO)C(O)C(O)[C@@H]5N)CC[C@@]4(C)C3CC[C@]21C. The van der Waals surface area contributed by atoms with E-state index in [-0.39, 0.29) is 36.5 Å². The summed E-state index contributed by atoms with van der Waals surface area (Å²) in [6, 6.07) is -0.961. The average molecular weight is 822 g/mol. The molecule has 3 saturated carbocycles. The van der Waals surface area contributed by atoms with E-state index in [1.165, 1.54) is 56.9 Å². The van der Waals surface area contributed by atoms with Crippen molar-refractivity contribution in [2.24, 2.45) is 52.1 Å². The highest BCUT2D eigenvalue weighted by molar-refractivity contribution is 5.75. The fraction of sp³-hybridized carbons (Fsp3) is 0.911. The van der Waals surface area contributed by atoms with Crippen LogP contribution in [-0.2, 0) is 28.5 Å². The Kier molecular flexibility index (Phi) is 18.2. The number of ether oxygens (including phenoxy) is 5. The monoisotopic (exact) mass is 822 g/mol. The van der Waals surface area contributed by atoms with Gasteiger partial charge in [0.15, 0.2) is 6.29 Å². The van der Waals surface area contributed by atoms with Crippen LogP contribution in [0.3, 0.4) is 0 Å². The predicted octanol–water partition coefficient (Wildman–Crippen LogP) is 5.23. The van der Waals surface area contributed by atoms with E-state index in [0.717, 1.165) is 54.8 Å². The molecule has 1 heterocycles. The molecule has 4 aliphatic carbocycles. The number of fused-ring (bicyclic) bond motifs is 5. The third kappa shape index (κ3) is 12.0. The van der Waals surface area contributed by atoms with Gasteiger partial charge in [-0.15, -0.1) is 0 Å². The molecule has 334 valence electrons. The average Bonchev–Trinajstić information content (AvgIpc) is 3.55. The van der Waals surface area contributed by atoms with E-state index in [1.54, 1.807) is 0 Å². The topological polar surface area (TPSA) is 191 Å². The van der Waals surface area contributed by atoms with Gasteiger partial charge in [0.2, 0.25) is 5.91 Å². The lowest BCUT2D eigenvalue weighted by Crippen LogP contribution is -2.62. The van der Waals surface area contributed by atoms with Crippen LogP contribution < -0.4 is 16.4 Å². The van der Waals surface area contributed by atoms with Crippen molar-refractivity contribution < 1.29 is 48.6 Å². The van der Waals surface area contributed by atoms with Crippen LogP contribution in [0, 0.1) is 46.3 Å². The number of alkyl carbamates (subject to hydrolysis) is 1. The van der Waals surface area contributed by atoms with Gasteiger partial charge in [-0.1, -0.05) is 65.5 Å². The van der Waals surface area contributed by atoms with Crippen molar-refractivity contribution in [1.29, 1.82) is 0 Å². The standard InChI is InChI=1S/C45H79N3O10/c1-29(2)9-6-10-30(3)34-14-15-35-33-13-12-31-27-32(16-18-44(31,4)36(33)17-19-45(34,35)5)57-43(53)48-21-24-55-26-25-54-22-8-20-47-38(50)11-7-23-56-42-39(46)41(52)40(51)37(28-49)58-42/h12,29-30,32-37,39-42,49,51-52H,6-11,13-28,46H2,1-5H3,(H,47,50)(H,48,53)/t30-,32?,33?,34-,35?,36?,37?,39-,40?,41?,42?,44+,45-/m0/s1. The molecule has 4 fully saturated rings. The zero-order valence-corrected chi connectivity index (χ0v) is 36.3. The van der Waals surface area contributed by atoms with Crippen molar-refractivity contribution in [2.75, 3.05) is 52.7 Å². The van der Waals surface area contributed by atoms with Gasteiger partial charge >= 0.3 is 6.09 Å². The third-order valence-electron chi connectivity index (χ3n) is 15.0. The molecule has 5 rings (SSSR count). The fourth-order valence-electron chi connectivity index (χ4n) is 11.7. The van der Waals surface area contributed by atoms with Gasteiger partial charge in [0.25, 0.3) is 0 Å². The van der Waals surface area contributed by atoms with Crippen molar-refractivity contribution in [3.05, 3.63) is 11.6 Å². The molecule has 2 amide bonds. The number of carbonyl (C=O) groups is 2. The molecule has 13 atom stereocenters. The molecule has 0 radical (unpaired) electrons. The first-order valence-corrected chi connectivity index (χ1v) is 22.8. The number of nitrogens with one attached hydrogen (secondary N) is 2. The molecule has 7 N–H and O–H groups in total. The summed E-state index contributed by atoms with van der Waals surface area (Å²) in [5.74, 6) is 4.78. The minimum absolute atomic E-state index is 0.0742. The molecule has 0 aromatic rings. The van der Waals surface area contributed by atoms with Gasteiger partial charge in [0, 0.05) is 32.5 Å². The van der Waals surface area contributed by atoms with E-state index in [1.807, 2.05) is 0 Å². The van der Waals surface area contributed by atoms with Crippen LogP contribution in [0.1, 0.15) is 125 Å². The lowest BCUT2D eigenvalue weighted by Gasteiger charge is -2.58. The largest absolute Gasteiger partial charge is 0.446 e.